The van der Waals surface area contributed by atoms with Gasteiger partial charge in [0.1, 0.15) is 11.4 Å². The van der Waals surface area contributed by atoms with Crippen molar-refractivity contribution in [1.82, 2.24) is 0 Å². The van der Waals surface area contributed by atoms with Gasteiger partial charge in [0.05, 0.1) is 17.7 Å². The highest BCUT2D eigenvalue weighted by molar-refractivity contribution is 5.91. The summed E-state index contributed by atoms with van der Waals surface area (Å²) in [6, 6.07) is 11.4. The molecule has 7 heteroatoms. The number of carbonyl (C=O) groups is 1. The Morgan fingerprint density at radius 2 is 1.91 bits per heavy atom. The number of anilines is 3. The Morgan fingerprint density at radius 3 is 2.55 bits per heavy atom. The van der Waals surface area contributed by atoms with E-state index >= 15 is 0 Å². The van der Waals surface area contributed by atoms with E-state index in [0.29, 0.717) is 22.8 Å². The summed E-state index contributed by atoms with van der Waals surface area (Å²) in [6.07, 6.45) is 0. The number of ether oxygens (including phenoxy) is 1. The van der Waals surface area contributed by atoms with E-state index in [2.05, 4.69) is 10.6 Å². The predicted octanol–water partition coefficient (Wildman–Crippen LogP) is 3.31. The minimum Gasteiger partial charge on any atom is -0.495 e. The maximum Gasteiger partial charge on any atom is 0.292 e. The fourth-order valence-electron chi connectivity index (χ4n) is 1.97. The first-order chi connectivity index (χ1) is 10.5. The molecule has 0 atom stereocenters. The summed E-state index contributed by atoms with van der Waals surface area (Å²) in [6.45, 7) is 1.39. The molecule has 22 heavy (non-hydrogen) atoms. The second kappa shape index (κ2) is 6.57. The van der Waals surface area contributed by atoms with Gasteiger partial charge in [-0.15, -0.1) is 0 Å². The molecule has 0 heterocycles. The summed E-state index contributed by atoms with van der Waals surface area (Å²) in [5, 5.41) is 16.6. The van der Waals surface area contributed by atoms with E-state index in [0.717, 1.165) is 0 Å². The highest BCUT2D eigenvalue weighted by Crippen LogP contribution is 2.32. The molecule has 0 aliphatic rings. The van der Waals surface area contributed by atoms with E-state index < -0.39 is 4.92 Å². The van der Waals surface area contributed by atoms with Gasteiger partial charge < -0.3 is 15.4 Å². The molecule has 0 aliphatic carbocycles. The Hall–Kier alpha value is -3.09. The van der Waals surface area contributed by atoms with Crippen LogP contribution >= 0.6 is 0 Å². The van der Waals surface area contributed by atoms with Gasteiger partial charge in [-0.3, -0.25) is 14.9 Å². The number of nitrogens with one attached hydrogen (secondary N) is 2. The van der Waals surface area contributed by atoms with Crippen LogP contribution in [0.3, 0.4) is 0 Å². The van der Waals surface area contributed by atoms with Gasteiger partial charge >= 0.3 is 0 Å². The first-order valence-electron chi connectivity index (χ1n) is 6.47. The van der Waals surface area contributed by atoms with Crippen molar-refractivity contribution >= 4 is 28.7 Å². The van der Waals surface area contributed by atoms with E-state index in [1.807, 2.05) is 0 Å². The average molecular weight is 301 g/mol. The molecule has 2 N–H and O–H groups in total. The van der Waals surface area contributed by atoms with Gasteiger partial charge in [0.15, 0.2) is 0 Å². The molecule has 0 radical (unpaired) electrons. The molecular formula is C15H15N3O4. The molecule has 2 aromatic carbocycles. The lowest BCUT2D eigenvalue weighted by Crippen LogP contribution is -2.07. The van der Waals surface area contributed by atoms with E-state index in [-0.39, 0.29) is 11.6 Å². The van der Waals surface area contributed by atoms with Crippen molar-refractivity contribution in [3.05, 3.63) is 52.6 Å². The first-order valence-corrected chi connectivity index (χ1v) is 6.47. The van der Waals surface area contributed by atoms with Gasteiger partial charge in [-0.2, -0.15) is 0 Å². The predicted molar refractivity (Wildman–Crippen MR) is 83.7 cm³/mol. The average Bonchev–Trinajstić information content (AvgIpc) is 2.47. The van der Waals surface area contributed by atoms with Crippen molar-refractivity contribution in [3.8, 4) is 5.75 Å². The summed E-state index contributed by atoms with van der Waals surface area (Å²) in [7, 11) is 1.50. The quantitative estimate of drug-likeness (QED) is 0.652. The fourth-order valence-corrected chi connectivity index (χ4v) is 1.97. The van der Waals surface area contributed by atoms with Crippen molar-refractivity contribution in [1.29, 1.82) is 0 Å². The van der Waals surface area contributed by atoms with Crippen molar-refractivity contribution in [2.45, 2.75) is 6.92 Å². The number of carbonyl (C=O) groups excluding carboxylic acids is 1. The number of hydrogen-bond acceptors (Lipinski definition) is 5. The SMILES string of the molecule is COc1ccc(Nc2ccccc2[N+](=O)[O-])cc1NC(C)=O. The lowest BCUT2D eigenvalue weighted by Gasteiger charge is -2.12. The van der Waals surface area contributed by atoms with Gasteiger partial charge in [0.25, 0.3) is 5.69 Å². The standard InChI is InChI=1S/C15H15N3O4/c1-10(19)16-13-9-11(7-8-15(13)22-2)17-12-5-3-4-6-14(12)18(20)21/h3-9,17H,1-2H3,(H,16,19). The van der Waals surface area contributed by atoms with Crippen molar-refractivity contribution in [3.63, 3.8) is 0 Å². The number of hydrogen-bond donors (Lipinski definition) is 2. The molecule has 0 bridgehead atoms. The molecule has 1 amide bonds. The monoisotopic (exact) mass is 301 g/mol. The van der Waals surface area contributed by atoms with E-state index in [9.17, 15) is 14.9 Å². The molecule has 0 spiro atoms. The molecule has 0 unspecified atom stereocenters. The second-order valence-corrected chi connectivity index (χ2v) is 4.50. The Bertz CT molecular complexity index is 716. The summed E-state index contributed by atoms with van der Waals surface area (Å²) in [4.78, 5) is 21.8. The van der Waals surface area contributed by atoms with Crippen LogP contribution in [-0.2, 0) is 4.79 Å². The topological polar surface area (TPSA) is 93.5 Å². The third-order valence-corrected chi connectivity index (χ3v) is 2.89. The molecule has 0 fully saturated rings. The van der Waals surface area contributed by atoms with Crippen LogP contribution in [-0.4, -0.2) is 17.9 Å². The number of methoxy groups -OCH3 is 1. The summed E-state index contributed by atoms with van der Waals surface area (Å²) in [5.74, 6) is 0.268. The Labute approximate surface area is 127 Å². The zero-order valence-corrected chi connectivity index (χ0v) is 12.1. The number of amides is 1. The Kier molecular flexibility index (Phi) is 4.57. The normalized spacial score (nSPS) is 9.91. The van der Waals surface area contributed by atoms with Gasteiger partial charge in [0, 0.05) is 18.7 Å². The summed E-state index contributed by atoms with van der Waals surface area (Å²) in [5.41, 5.74) is 1.42. The smallest absolute Gasteiger partial charge is 0.292 e. The molecule has 114 valence electrons. The number of rotatable bonds is 5. The summed E-state index contributed by atoms with van der Waals surface area (Å²) >= 11 is 0. The van der Waals surface area contributed by atoms with E-state index in [4.69, 9.17) is 4.74 Å². The molecule has 2 rings (SSSR count). The second-order valence-electron chi connectivity index (χ2n) is 4.50. The van der Waals surface area contributed by atoms with Crippen LogP contribution in [0.2, 0.25) is 0 Å². The fraction of sp³-hybridized carbons (Fsp3) is 0.133. The van der Waals surface area contributed by atoms with Crippen LogP contribution < -0.4 is 15.4 Å². The number of benzene rings is 2. The van der Waals surface area contributed by atoms with Crippen LogP contribution in [0, 0.1) is 10.1 Å². The van der Waals surface area contributed by atoms with Gasteiger partial charge in [0.2, 0.25) is 5.91 Å². The number of para-hydroxylation sites is 2. The maximum absolute atomic E-state index is 11.2. The van der Waals surface area contributed by atoms with Gasteiger partial charge in [-0.25, -0.2) is 0 Å². The third-order valence-electron chi connectivity index (χ3n) is 2.89. The maximum atomic E-state index is 11.2. The van der Waals surface area contributed by atoms with E-state index in [1.165, 1.54) is 20.1 Å². The van der Waals surface area contributed by atoms with Crippen LogP contribution in [0.15, 0.2) is 42.5 Å². The highest BCUT2D eigenvalue weighted by Gasteiger charge is 2.13. The zero-order chi connectivity index (χ0) is 16.1. The number of nitro benzene ring substituents is 1. The van der Waals surface area contributed by atoms with E-state index in [1.54, 1.807) is 36.4 Å². The molecule has 0 aromatic heterocycles. The van der Waals surface area contributed by atoms with Crippen molar-refractivity contribution < 1.29 is 14.5 Å². The van der Waals surface area contributed by atoms with Gasteiger partial charge in [-0.1, -0.05) is 12.1 Å². The molecule has 0 saturated heterocycles. The van der Waals surface area contributed by atoms with Crippen LogP contribution in [0.4, 0.5) is 22.7 Å². The molecule has 2 aromatic rings. The van der Waals surface area contributed by atoms with Gasteiger partial charge in [-0.05, 0) is 24.3 Å². The highest BCUT2D eigenvalue weighted by atomic mass is 16.6. The molecule has 0 saturated carbocycles. The largest absolute Gasteiger partial charge is 0.495 e. The van der Waals surface area contributed by atoms with Crippen LogP contribution in [0.5, 0.6) is 5.75 Å². The van der Waals surface area contributed by atoms with Crippen LogP contribution in [0.25, 0.3) is 0 Å². The Morgan fingerprint density at radius 1 is 1.18 bits per heavy atom. The number of nitro groups is 1. The lowest BCUT2D eigenvalue weighted by molar-refractivity contribution is -0.383. The first kappa shape index (κ1) is 15.3. The molecule has 7 nitrogen and oxygen atoms in total. The minimum absolute atomic E-state index is 0.0283. The molecule has 0 aliphatic heterocycles. The number of nitrogens with zero attached hydrogens (tertiary/aromatic N) is 1. The minimum atomic E-state index is -0.458. The third kappa shape index (κ3) is 3.51. The lowest BCUT2D eigenvalue weighted by atomic mass is 10.2. The molecular weight excluding hydrogens is 286 g/mol. The zero-order valence-electron chi connectivity index (χ0n) is 12.1. The van der Waals surface area contributed by atoms with Crippen LogP contribution in [0.1, 0.15) is 6.92 Å². The summed E-state index contributed by atoms with van der Waals surface area (Å²) < 4.78 is 5.16. The Balaban J connectivity index is 2.34. The van der Waals surface area contributed by atoms with Crippen molar-refractivity contribution in [2.24, 2.45) is 0 Å². The van der Waals surface area contributed by atoms with Crippen molar-refractivity contribution in [2.75, 3.05) is 17.7 Å².